The van der Waals surface area contributed by atoms with E-state index < -0.39 is 10.0 Å². The predicted molar refractivity (Wildman–Crippen MR) is 77.9 cm³/mol. The summed E-state index contributed by atoms with van der Waals surface area (Å²) in [5.41, 5.74) is 2.58. The summed E-state index contributed by atoms with van der Waals surface area (Å²) in [7, 11) is -1.70. The number of sulfonamides is 1. The van der Waals surface area contributed by atoms with E-state index in [1.54, 1.807) is 17.0 Å². The minimum Gasteiger partial charge on any atom is -0.337 e. The van der Waals surface area contributed by atoms with Crippen LogP contribution in [0.4, 0.5) is 0 Å². The molecule has 0 spiro atoms. The summed E-state index contributed by atoms with van der Waals surface area (Å²) in [4.78, 5) is 4.47. The molecule has 1 aromatic heterocycles. The number of aromatic nitrogens is 2. The van der Waals surface area contributed by atoms with Crippen molar-refractivity contribution in [3.05, 3.63) is 47.0 Å². The maximum atomic E-state index is 12.4. The van der Waals surface area contributed by atoms with E-state index in [4.69, 9.17) is 0 Å². The van der Waals surface area contributed by atoms with Gasteiger partial charge in [-0.15, -0.1) is 0 Å². The summed E-state index contributed by atoms with van der Waals surface area (Å²) < 4.78 is 29.3. The second-order valence-electron chi connectivity index (χ2n) is 5.01. The number of nitrogens with one attached hydrogen (secondary N) is 1. The van der Waals surface area contributed by atoms with E-state index in [1.807, 2.05) is 40.0 Å². The minimum atomic E-state index is -3.53. The van der Waals surface area contributed by atoms with Gasteiger partial charge in [-0.2, -0.15) is 0 Å². The van der Waals surface area contributed by atoms with Gasteiger partial charge in [0.25, 0.3) is 0 Å². The van der Waals surface area contributed by atoms with Crippen LogP contribution in [0.3, 0.4) is 0 Å². The summed E-state index contributed by atoms with van der Waals surface area (Å²) in [6, 6.07) is 3.75. The van der Waals surface area contributed by atoms with Crippen LogP contribution in [0.15, 0.2) is 29.4 Å². The summed E-state index contributed by atoms with van der Waals surface area (Å²) in [5.74, 6) is 0.677. The zero-order valence-electron chi connectivity index (χ0n) is 12.1. The number of hydrogen-bond acceptors (Lipinski definition) is 3. The van der Waals surface area contributed by atoms with Crippen molar-refractivity contribution in [1.82, 2.24) is 14.3 Å². The summed E-state index contributed by atoms with van der Waals surface area (Å²) in [6.45, 7) is 5.76. The molecule has 20 heavy (non-hydrogen) atoms. The second kappa shape index (κ2) is 5.38. The SMILES string of the molecule is Cc1cc(C)c(S(=O)(=O)NCc2nccn2C)c(C)c1. The van der Waals surface area contributed by atoms with Gasteiger partial charge in [0.05, 0.1) is 11.4 Å². The average molecular weight is 293 g/mol. The van der Waals surface area contributed by atoms with E-state index in [0.29, 0.717) is 10.7 Å². The normalized spacial score (nSPS) is 11.8. The molecule has 5 nitrogen and oxygen atoms in total. The highest BCUT2D eigenvalue weighted by Crippen LogP contribution is 2.21. The molecule has 2 rings (SSSR count). The summed E-state index contributed by atoms with van der Waals surface area (Å²) >= 11 is 0. The Morgan fingerprint density at radius 1 is 1.20 bits per heavy atom. The predicted octanol–water partition coefficient (Wildman–Crippen LogP) is 1.82. The largest absolute Gasteiger partial charge is 0.337 e. The van der Waals surface area contributed by atoms with Gasteiger partial charge >= 0.3 is 0 Å². The first-order chi connectivity index (χ1) is 9.31. The van der Waals surface area contributed by atoms with E-state index in [9.17, 15) is 8.42 Å². The molecule has 0 amide bonds. The highest BCUT2D eigenvalue weighted by molar-refractivity contribution is 7.89. The molecule has 0 radical (unpaired) electrons. The monoisotopic (exact) mass is 293 g/mol. The number of nitrogens with zero attached hydrogens (tertiary/aromatic N) is 2. The molecule has 0 saturated carbocycles. The van der Waals surface area contributed by atoms with Crippen LogP contribution in [0.25, 0.3) is 0 Å². The highest BCUT2D eigenvalue weighted by Gasteiger charge is 2.20. The minimum absolute atomic E-state index is 0.179. The summed E-state index contributed by atoms with van der Waals surface area (Å²) in [6.07, 6.45) is 3.43. The number of benzene rings is 1. The standard InChI is InChI=1S/C14H19N3O2S/c1-10-7-11(2)14(12(3)8-10)20(18,19)16-9-13-15-5-6-17(13)4/h5-8,16H,9H2,1-4H3. The molecule has 0 unspecified atom stereocenters. The molecular weight excluding hydrogens is 274 g/mol. The Bertz CT molecular complexity index is 710. The smallest absolute Gasteiger partial charge is 0.241 e. The molecule has 0 aliphatic heterocycles. The molecule has 0 aliphatic carbocycles. The fourth-order valence-corrected chi connectivity index (χ4v) is 3.82. The maximum absolute atomic E-state index is 12.4. The third-order valence-corrected chi connectivity index (χ3v) is 4.92. The quantitative estimate of drug-likeness (QED) is 0.935. The van der Waals surface area contributed by atoms with Crippen molar-refractivity contribution in [3.63, 3.8) is 0 Å². The average Bonchev–Trinajstić information content (AvgIpc) is 2.70. The van der Waals surface area contributed by atoms with Gasteiger partial charge in [-0.1, -0.05) is 17.7 Å². The molecule has 0 bridgehead atoms. The van der Waals surface area contributed by atoms with Crippen molar-refractivity contribution < 1.29 is 8.42 Å². The maximum Gasteiger partial charge on any atom is 0.241 e. The third kappa shape index (κ3) is 2.91. The number of rotatable bonds is 4. The van der Waals surface area contributed by atoms with Crippen molar-refractivity contribution >= 4 is 10.0 Å². The topological polar surface area (TPSA) is 64.0 Å². The number of hydrogen-bond donors (Lipinski definition) is 1. The lowest BCUT2D eigenvalue weighted by Crippen LogP contribution is -2.26. The molecule has 1 aromatic carbocycles. The number of imidazole rings is 1. The molecule has 1 heterocycles. The summed E-state index contributed by atoms with van der Waals surface area (Å²) in [5, 5.41) is 0. The first-order valence-electron chi connectivity index (χ1n) is 6.35. The van der Waals surface area contributed by atoms with E-state index in [2.05, 4.69) is 9.71 Å². The van der Waals surface area contributed by atoms with E-state index in [0.717, 1.165) is 16.7 Å². The Kier molecular flexibility index (Phi) is 3.96. The van der Waals surface area contributed by atoms with Crippen molar-refractivity contribution in [2.75, 3.05) is 0 Å². The van der Waals surface area contributed by atoms with Crippen LogP contribution in [0.5, 0.6) is 0 Å². The molecule has 1 N–H and O–H groups in total. The van der Waals surface area contributed by atoms with Crippen LogP contribution >= 0.6 is 0 Å². The van der Waals surface area contributed by atoms with E-state index >= 15 is 0 Å². The van der Waals surface area contributed by atoms with Crippen LogP contribution in [0.2, 0.25) is 0 Å². The fourth-order valence-electron chi connectivity index (χ4n) is 2.39. The molecule has 6 heteroatoms. The van der Waals surface area contributed by atoms with E-state index in [1.165, 1.54) is 0 Å². The van der Waals surface area contributed by atoms with Gasteiger partial charge < -0.3 is 4.57 Å². The molecule has 0 atom stereocenters. The number of aryl methyl sites for hydroxylation is 4. The Morgan fingerprint density at radius 2 is 1.80 bits per heavy atom. The lowest BCUT2D eigenvalue weighted by Gasteiger charge is -2.13. The lowest BCUT2D eigenvalue weighted by molar-refractivity contribution is 0.576. The van der Waals surface area contributed by atoms with Crippen molar-refractivity contribution in [2.45, 2.75) is 32.2 Å². The van der Waals surface area contributed by atoms with Crippen molar-refractivity contribution in [2.24, 2.45) is 7.05 Å². The van der Waals surface area contributed by atoms with Gasteiger partial charge in [-0.05, 0) is 31.9 Å². The first kappa shape index (κ1) is 14.7. The van der Waals surface area contributed by atoms with Gasteiger partial charge in [0.2, 0.25) is 10.0 Å². The molecule has 0 fully saturated rings. The van der Waals surface area contributed by atoms with E-state index in [-0.39, 0.29) is 6.54 Å². The van der Waals surface area contributed by atoms with Crippen LogP contribution in [0, 0.1) is 20.8 Å². The first-order valence-corrected chi connectivity index (χ1v) is 7.83. The zero-order chi connectivity index (χ0) is 14.9. The molecule has 108 valence electrons. The van der Waals surface area contributed by atoms with Crippen LogP contribution in [0.1, 0.15) is 22.5 Å². The zero-order valence-corrected chi connectivity index (χ0v) is 13.0. The molecule has 2 aromatic rings. The second-order valence-corrected chi connectivity index (χ2v) is 6.71. The van der Waals surface area contributed by atoms with Crippen LogP contribution < -0.4 is 4.72 Å². The van der Waals surface area contributed by atoms with Crippen molar-refractivity contribution in [3.8, 4) is 0 Å². The van der Waals surface area contributed by atoms with Crippen LogP contribution in [-0.4, -0.2) is 18.0 Å². The fraction of sp³-hybridized carbons (Fsp3) is 0.357. The Balaban J connectivity index is 2.30. The Labute approximate surface area is 119 Å². The van der Waals surface area contributed by atoms with Crippen LogP contribution in [-0.2, 0) is 23.6 Å². The third-order valence-electron chi connectivity index (χ3n) is 3.21. The highest BCUT2D eigenvalue weighted by atomic mass is 32.2. The molecule has 0 aliphatic rings. The molecule has 0 saturated heterocycles. The van der Waals surface area contributed by atoms with Crippen molar-refractivity contribution in [1.29, 1.82) is 0 Å². The van der Waals surface area contributed by atoms with Gasteiger partial charge in [-0.25, -0.2) is 18.1 Å². The van der Waals surface area contributed by atoms with Gasteiger partial charge in [0, 0.05) is 19.4 Å². The van der Waals surface area contributed by atoms with Gasteiger partial charge in [-0.3, -0.25) is 0 Å². The molecular formula is C14H19N3O2S. The Morgan fingerprint density at radius 3 is 2.30 bits per heavy atom. The van der Waals surface area contributed by atoms with Gasteiger partial charge in [0.1, 0.15) is 5.82 Å². The lowest BCUT2D eigenvalue weighted by atomic mass is 10.1. The van der Waals surface area contributed by atoms with Gasteiger partial charge in [0.15, 0.2) is 0 Å². The Hall–Kier alpha value is -1.66.